The van der Waals surface area contributed by atoms with Crippen LogP contribution in [0.1, 0.15) is 25.0 Å². The molecule has 1 aromatic rings. The molecule has 18 heavy (non-hydrogen) atoms. The van der Waals surface area contributed by atoms with Gasteiger partial charge in [0.05, 0.1) is 0 Å². The van der Waals surface area contributed by atoms with Gasteiger partial charge in [0.1, 0.15) is 5.82 Å². The first-order valence-corrected chi connectivity index (χ1v) is 5.94. The molecule has 1 saturated heterocycles. The maximum Gasteiger partial charge on any atom is 0.435 e. The third-order valence-corrected chi connectivity index (χ3v) is 2.92. The Morgan fingerprint density at radius 3 is 2.72 bits per heavy atom. The molecule has 0 radical (unpaired) electrons. The second-order valence-corrected chi connectivity index (χ2v) is 4.31. The molecule has 7 heteroatoms. The van der Waals surface area contributed by atoms with E-state index in [-0.39, 0.29) is 0 Å². The van der Waals surface area contributed by atoms with Crippen LogP contribution in [0.5, 0.6) is 0 Å². The molecule has 100 valence electrons. The SMILES string of the molecule is FC(F)(F)c1ccc(NCC[C@@H]2CCCN2)nn1. The predicted octanol–water partition coefficient (Wildman–Crippen LogP) is 2.05. The van der Waals surface area contributed by atoms with Crippen molar-refractivity contribution in [2.24, 2.45) is 0 Å². The van der Waals surface area contributed by atoms with Crippen molar-refractivity contribution in [3.63, 3.8) is 0 Å². The van der Waals surface area contributed by atoms with Crippen molar-refractivity contribution >= 4 is 5.82 Å². The summed E-state index contributed by atoms with van der Waals surface area (Å²) in [6.45, 7) is 1.72. The van der Waals surface area contributed by atoms with E-state index in [2.05, 4.69) is 20.8 Å². The average Bonchev–Trinajstić information content (AvgIpc) is 2.82. The fourth-order valence-electron chi connectivity index (χ4n) is 1.96. The lowest BCUT2D eigenvalue weighted by atomic mass is 10.1. The Balaban J connectivity index is 1.79. The van der Waals surface area contributed by atoms with Gasteiger partial charge in [-0.1, -0.05) is 0 Å². The summed E-state index contributed by atoms with van der Waals surface area (Å²) in [5, 5.41) is 13.0. The normalized spacial score (nSPS) is 20.1. The van der Waals surface area contributed by atoms with Crippen LogP contribution in [0, 0.1) is 0 Å². The minimum atomic E-state index is -4.43. The van der Waals surface area contributed by atoms with Crippen LogP contribution >= 0.6 is 0 Å². The summed E-state index contributed by atoms with van der Waals surface area (Å²) in [5.41, 5.74) is -0.967. The van der Waals surface area contributed by atoms with Crippen LogP contribution in [0.25, 0.3) is 0 Å². The van der Waals surface area contributed by atoms with E-state index in [1.165, 1.54) is 12.5 Å². The molecule has 1 fully saturated rings. The molecule has 0 amide bonds. The molecular formula is C11H15F3N4. The smallest absolute Gasteiger partial charge is 0.369 e. The van der Waals surface area contributed by atoms with Crippen LogP contribution in [-0.2, 0) is 6.18 Å². The molecule has 1 aliphatic rings. The molecule has 0 aromatic carbocycles. The monoisotopic (exact) mass is 260 g/mol. The van der Waals surface area contributed by atoms with E-state index < -0.39 is 11.9 Å². The van der Waals surface area contributed by atoms with Crippen LogP contribution in [0.3, 0.4) is 0 Å². The number of hydrogen-bond acceptors (Lipinski definition) is 4. The van der Waals surface area contributed by atoms with Crippen LogP contribution in [0.2, 0.25) is 0 Å². The maximum atomic E-state index is 12.2. The van der Waals surface area contributed by atoms with Gasteiger partial charge in [0, 0.05) is 12.6 Å². The van der Waals surface area contributed by atoms with E-state index in [0.717, 1.165) is 25.5 Å². The fraction of sp³-hybridized carbons (Fsp3) is 0.636. The molecule has 0 unspecified atom stereocenters. The van der Waals surface area contributed by atoms with Gasteiger partial charge in [-0.25, -0.2) is 0 Å². The number of nitrogens with zero attached hydrogens (tertiary/aromatic N) is 2. The lowest BCUT2D eigenvalue weighted by Gasteiger charge is -2.11. The molecule has 2 N–H and O–H groups in total. The number of aromatic nitrogens is 2. The Morgan fingerprint density at radius 1 is 1.33 bits per heavy atom. The van der Waals surface area contributed by atoms with E-state index >= 15 is 0 Å². The Bertz CT molecular complexity index is 371. The largest absolute Gasteiger partial charge is 0.435 e. The Labute approximate surface area is 103 Å². The number of anilines is 1. The van der Waals surface area contributed by atoms with Crippen molar-refractivity contribution in [1.82, 2.24) is 15.5 Å². The number of rotatable bonds is 4. The van der Waals surface area contributed by atoms with Gasteiger partial charge in [0.15, 0.2) is 5.69 Å². The lowest BCUT2D eigenvalue weighted by Crippen LogP contribution is -2.24. The van der Waals surface area contributed by atoms with Crippen molar-refractivity contribution in [2.45, 2.75) is 31.5 Å². The zero-order valence-corrected chi connectivity index (χ0v) is 9.80. The molecule has 0 spiro atoms. The van der Waals surface area contributed by atoms with Crippen LogP contribution in [0.4, 0.5) is 19.0 Å². The van der Waals surface area contributed by atoms with Crippen molar-refractivity contribution in [2.75, 3.05) is 18.4 Å². The summed E-state index contributed by atoms with van der Waals surface area (Å²) in [5.74, 6) is 0.376. The van der Waals surface area contributed by atoms with E-state index in [4.69, 9.17) is 0 Å². The molecule has 1 atom stereocenters. The van der Waals surface area contributed by atoms with Crippen LogP contribution in [0.15, 0.2) is 12.1 Å². The van der Waals surface area contributed by atoms with Crippen molar-refractivity contribution in [1.29, 1.82) is 0 Å². The van der Waals surface area contributed by atoms with Gasteiger partial charge >= 0.3 is 6.18 Å². The second kappa shape index (κ2) is 5.51. The van der Waals surface area contributed by atoms with Gasteiger partial charge in [-0.3, -0.25) is 0 Å². The van der Waals surface area contributed by atoms with Crippen molar-refractivity contribution < 1.29 is 13.2 Å². The highest BCUT2D eigenvalue weighted by Crippen LogP contribution is 2.27. The molecule has 0 bridgehead atoms. The number of nitrogens with one attached hydrogen (secondary N) is 2. The number of alkyl halides is 3. The number of hydrogen-bond donors (Lipinski definition) is 2. The maximum absolute atomic E-state index is 12.2. The van der Waals surface area contributed by atoms with Gasteiger partial charge in [0.2, 0.25) is 0 Å². The van der Waals surface area contributed by atoms with Crippen LogP contribution in [-0.4, -0.2) is 29.3 Å². The van der Waals surface area contributed by atoms with E-state index in [9.17, 15) is 13.2 Å². The summed E-state index contributed by atoms with van der Waals surface area (Å²) in [6, 6.07) is 2.74. The van der Waals surface area contributed by atoms with Gasteiger partial charge in [-0.05, 0) is 37.9 Å². The first-order valence-electron chi connectivity index (χ1n) is 5.94. The number of halogens is 3. The molecular weight excluding hydrogens is 245 g/mol. The molecule has 0 aliphatic carbocycles. The molecule has 2 rings (SSSR count). The molecule has 4 nitrogen and oxygen atoms in total. The van der Waals surface area contributed by atoms with Gasteiger partial charge in [-0.15, -0.1) is 10.2 Å². The van der Waals surface area contributed by atoms with Crippen LogP contribution < -0.4 is 10.6 Å². The quantitative estimate of drug-likeness (QED) is 0.870. The molecule has 1 aromatic heterocycles. The third-order valence-electron chi connectivity index (χ3n) is 2.92. The second-order valence-electron chi connectivity index (χ2n) is 4.31. The Morgan fingerprint density at radius 2 is 2.17 bits per heavy atom. The summed E-state index contributed by atoms with van der Waals surface area (Å²) < 4.78 is 36.7. The highest BCUT2D eigenvalue weighted by atomic mass is 19.4. The van der Waals surface area contributed by atoms with E-state index in [0.29, 0.717) is 18.4 Å². The van der Waals surface area contributed by atoms with Crippen molar-refractivity contribution in [3.8, 4) is 0 Å². The van der Waals surface area contributed by atoms with Gasteiger partial charge in [-0.2, -0.15) is 13.2 Å². The highest BCUT2D eigenvalue weighted by molar-refractivity contribution is 5.33. The zero-order chi connectivity index (χ0) is 13.0. The minimum absolute atomic E-state index is 0.376. The van der Waals surface area contributed by atoms with Crippen molar-refractivity contribution in [3.05, 3.63) is 17.8 Å². The Hall–Kier alpha value is -1.37. The topological polar surface area (TPSA) is 49.8 Å². The van der Waals surface area contributed by atoms with Gasteiger partial charge in [0.25, 0.3) is 0 Å². The minimum Gasteiger partial charge on any atom is -0.369 e. The summed E-state index contributed by atoms with van der Waals surface area (Å²) in [6.07, 6.45) is -1.16. The molecule has 0 saturated carbocycles. The molecule has 1 aliphatic heterocycles. The zero-order valence-electron chi connectivity index (χ0n) is 9.80. The van der Waals surface area contributed by atoms with E-state index in [1.54, 1.807) is 0 Å². The van der Waals surface area contributed by atoms with Gasteiger partial charge < -0.3 is 10.6 Å². The predicted molar refractivity (Wildman–Crippen MR) is 61.2 cm³/mol. The van der Waals surface area contributed by atoms with E-state index in [1.807, 2.05) is 0 Å². The highest BCUT2D eigenvalue weighted by Gasteiger charge is 2.32. The first-order chi connectivity index (χ1) is 8.55. The summed E-state index contributed by atoms with van der Waals surface area (Å²) >= 11 is 0. The lowest BCUT2D eigenvalue weighted by molar-refractivity contribution is -0.141. The average molecular weight is 260 g/mol. The summed E-state index contributed by atoms with van der Waals surface area (Å²) in [4.78, 5) is 0. The third kappa shape index (κ3) is 3.56. The standard InChI is InChI=1S/C11H15F3N4/c12-11(13,14)9-3-4-10(18-17-9)16-7-5-8-2-1-6-15-8/h3-4,8,15H,1-2,5-7H2,(H,16,18)/t8-/m0/s1. The Kier molecular flexibility index (Phi) is 4.00. The first kappa shape index (κ1) is 13.1. The molecule has 2 heterocycles. The fourth-order valence-corrected chi connectivity index (χ4v) is 1.96. The summed E-state index contributed by atoms with van der Waals surface area (Å²) in [7, 11) is 0.